The van der Waals surface area contributed by atoms with E-state index < -0.39 is 0 Å². The molecule has 0 aliphatic carbocycles. The molecule has 0 saturated heterocycles. The highest BCUT2D eigenvalue weighted by atomic mass is 32.1. The van der Waals surface area contributed by atoms with Crippen molar-refractivity contribution >= 4 is 12.6 Å². The molecule has 0 bridgehead atoms. The van der Waals surface area contributed by atoms with Crippen molar-refractivity contribution in [2.24, 2.45) is 7.05 Å². The highest BCUT2D eigenvalue weighted by Crippen LogP contribution is 2.26. The van der Waals surface area contributed by atoms with Gasteiger partial charge in [-0.15, -0.1) is 0 Å². The Morgan fingerprint density at radius 2 is 1.93 bits per heavy atom. The molecule has 0 spiro atoms. The molecule has 1 atom stereocenters. The Bertz CT molecular complexity index is 408. The van der Waals surface area contributed by atoms with E-state index in [4.69, 9.17) is 0 Å². The summed E-state index contributed by atoms with van der Waals surface area (Å²) < 4.78 is 1.85. The molecular formula is C11H12N2S. The predicted octanol–water partition coefficient (Wildman–Crippen LogP) is 2.44. The fourth-order valence-corrected chi connectivity index (χ4v) is 1.88. The molecule has 14 heavy (non-hydrogen) atoms. The first-order valence-electron chi connectivity index (χ1n) is 4.50. The van der Waals surface area contributed by atoms with Crippen LogP contribution in [0.4, 0.5) is 0 Å². The monoisotopic (exact) mass is 204 g/mol. The van der Waals surface area contributed by atoms with Gasteiger partial charge in [0.05, 0.1) is 10.9 Å². The Morgan fingerprint density at radius 3 is 2.50 bits per heavy atom. The van der Waals surface area contributed by atoms with E-state index in [1.165, 1.54) is 5.56 Å². The zero-order chi connectivity index (χ0) is 9.97. The van der Waals surface area contributed by atoms with Crippen LogP contribution in [0.15, 0.2) is 42.6 Å². The van der Waals surface area contributed by atoms with Crippen LogP contribution in [-0.2, 0) is 7.05 Å². The molecule has 1 heterocycles. The maximum absolute atomic E-state index is 4.58. The predicted molar refractivity (Wildman–Crippen MR) is 60.5 cm³/mol. The van der Waals surface area contributed by atoms with Crippen LogP contribution < -0.4 is 0 Å². The van der Waals surface area contributed by atoms with Crippen LogP contribution >= 0.6 is 12.6 Å². The van der Waals surface area contributed by atoms with Crippen molar-refractivity contribution in [1.82, 2.24) is 9.78 Å². The molecule has 0 fully saturated rings. The van der Waals surface area contributed by atoms with Crippen molar-refractivity contribution in [3.63, 3.8) is 0 Å². The number of thiol groups is 1. The number of aryl methyl sites for hydroxylation is 1. The van der Waals surface area contributed by atoms with Crippen LogP contribution in [0.2, 0.25) is 0 Å². The van der Waals surface area contributed by atoms with Crippen LogP contribution in [0.5, 0.6) is 0 Å². The minimum absolute atomic E-state index is 0.101. The van der Waals surface area contributed by atoms with Crippen LogP contribution in [0.25, 0.3) is 0 Å². The minimum atomic E-state index is 0.101. The summed E-state index contributed by atoms with van der Waals surface area (Å²) in [5.41, 5.74) is 2.30. The summed E-state index contributed by atoms with van der Waals surface area (Å²) >= 11 is 4.58. The van der Waals surface area contributed by atoms with Gasteiger partial charge in [0, 0.05) is 13.2 Å². The molecule has 1 aromatic carbocycles. The molecule has 2 nitrogen and oxygen atoms in total. The summed E-state index contributed by atoms with van der Waals surface area (Å²) in [5, 5.41) is 4.23. The van der Waals surface area contributed by atoms with E-state index in [1.807, 2.05) is 36.0 Å². The van der Waals surface area contributed by atoms with E-state index >= 15 is 0 Å². The zero-order valence-corrected chi connectivity index (χ0v) is 8.85. The topological polar surface area (TPSA) is 17.8 Å². The molecule has 2 rings (SSSR count). The second-order valence-corrected chi connectivity index (χ2v) is 3.71. The van der Waals surface area contributed by atoms with Gasteiger partial charge in [0.25, 0.3) is 0 Å². The quantitative estimate of drug-likeness (QED) is 0.744. The smallest absolute Gasteiger partial charge is 0.0685 e. The molecular weight excluding hydrogens is 192 g/mol. The van der Waals surface area contributed by atoms with Gasteiger partial charge in [-0.1, -0.05) is 30.3 Å². The second kappa shape index (κ2) is 3.88. The largest absolute Gasteiger partial charge is 0.271 e. The summed E-state index contributed by atoms with van der Waals surface area (Å²) in [5.74, 6) is 0. The van der Waals surface area contributed by atoms with Crippen LogP contribution in [-0.4, -0.2) is 9.78 Å². The maximum atomic E-state index is 4.58. The SMILES string of the molecule is Cn1nccc1C(S)c1ccccc1. The summed E-state index contributed by atoms with van der Waals surface area (Å²) in [6, 6.07) is 12.2. The first-order chi connectivity index (χ1) is 6.79. The highest BCUT2D eigenvalue weighted by molar-refractivity contribution is 7.80. The molecule has 2 aromatic rings. The molecule has 72 valence electrons. The van der Waals surface area contributed by atoms with E-state index in [-0.39, 0.29) is 5.25 Å². The molecule has 0 radical (unpaired) electrons. The van der Waals surface area contributed by atoms with Gasteiger partial charge >= 0.3 is 0 Å². The molecule has 0 aliphatic heterocycles. The standard InChI is InChI=1S/C11H12N2S/c1-13-10(7-8-12-13)11(14)9-5-3-2-4-6-9/h2-8,11,14H,1H3. The minimum Gasteiger partial charge on any atom is -0.271 e. The first kappa shape index (κ1) is 9.34. The maximum Gasteiger partial charge on any atom is 0.0685 e. The van der Waals surface area contributed by atoms with Gasteiger partial charge in [-0.05, 0) is 11.6 Å². The highest BCUT2D eigenvalue weighted by Gasteiger charge is 2.11. The van der Waals surface area contributed by atoms with E-state index in [2.05, 4.69) is 29.9 Å². The van der Waals surface area contributed by atoms with Crippen LogP contribution in [0.1, 0.15) is 16.5 Å². The van der Waals surface area contributed by atoms with Gasteiger partial charge in [0.15, 0.2) is 0 Å². The fourth-order valence-electron chi connectivity index (χ4n) is 1.46. The fraction of sp³-hybridized carbons (Fsp3) is 0.182. The van der Waals surface area contributed by atoms with Crippen molar-refractivity contribution in [2.75, 3.05) is 0 Å². The molecule has 0 saturated carbocycles. The summed E-state index contributed by atoms with van der Waals surface area (Å²) in [7, 11) is 1.93. The van der Waals surface area contributed by atoms with Gasteiger partial charge in [0.1, 0.15) is 0 Å². The molecule has 0 aliphatic rings. The Labute approximate surface area is 89.0 Å². The number of hydrogen-bond donors (Lipinski definition) is 1. The third kappa shape index (κ3) is 1.68. The molecule has 1 unspecified atom stereocenters. The zero-order valence-electron chi connectivity index (χ0n) is 7.96. The lowest BCUT2D eigenvalue weighted by Crippen LogP contribution is -2.01. The van der Waals surface area contributed by atoms with Crippen molar-refractivity contribution in [1.29, 1.82) is 0 Å². The number of nitrogens with zero attached hydrogens (tertiary/aromatic N) is 2. The van der Waals surface area contributed by atoms with Gasteiger partial charge in [0.2, 0.25) is 0 Å². The summed E-state index contributed by atoms with van der Waals surface area (Å²) in [4.78, 5) is 0. The van der Waals surface area contributed by atoms with Crippen LogP contribution in [0.3, 0.4) is 0 Å². The van der Waals surface area contributed by atoms with Crippen molar-refractivity contribution in [2.45, 2.75) is 5.25 Å². The van der Waals surface area contributed by atoms with E-state index in [1.54, 1.807) is 6.20 Å². The van der Waals surface area contributed by atoms with Crippen molar-refractivity contribution < 1.29 is 0 Å². The van der Waals surface area contributed by atoms with E-state index in [0.29, 0.717) is 0 Å². The Kier molecular flexibility index (Phi) is 2.59. The van der Waals surface area contributed by atoms with Crippen LogP contribution in [0, 0.1) is 0 Å². The lowest BCUT2D eigenvalue weighted by molar-refractivity contribution is 0.721. The third-order valence-electron chi connectivity index (χ3n) is 2.25. The average Bonchev–Trinajstić information content (AvgIpc) is 2.65. The summed E-state index contributed by atoms with van der Waals surface area (Å²) in [6.45, 7) is 0. The second-order valence-electron chi connectivity index (χ2n) is 3.19. The number of benzene rings is 1. The third-order valence-corrected chi connectivity index (χ3v) is 2.82. The van der Waals surface area contributed by atoms with Gasteiger partial charge in [-0.25, -0.2) is 0 Å². The van der Waals surface area contributed by atoms with Gasteiger partial charge in [-0.2, -0.15) is 17.7 Å². The number of aromatic nitrogens is 2. The first-order valence-corrected chi connectivity index (χ1v) is 5.01. The average molecular weight is 204 g/mol. The van der Waals surface area contributed by atoms with Gasteiger partial charge in [-0.3, -0.25) is 4.68 Å². The molecule has 0 N–H and O–H groups in total. The van der Waals surface area contributed by atoms with Gasteiger partial charge < -0.3 is 0 Å². The van der Waals surface area contributed by atoms with E-state index in [0.717, 1.165) is 5.69 Å². The number of hydrogen-bond acceptors (Lipinski definition) is 2. The van der Waals surface area contributed by atoms with Crippen molar-refractivity contribution in [3.05, 3.63) is 53.9 Å². The Morgan fingerprint density at radius 1 is 1.21 bits per heavy atom. The lowest BCUT2D eigenvalue weighted by Gasteiger charge is -2.10. The molecule has 1 aromatic heterocycles. The molecule has 0 amide bonds. The Balaban J connectivity index is 2.34. The normalized spacial score (nSPS) is 12.7. The Hall–Kier alpha value is -1.22. The summed E-state index contributed by atoms with van der Waals surface area (Å²) in [6.07, 6.45) is 1.79. The lowest BCUT2D eigenvalue weighted by atomic mass is 10.1. The van der Waals surface area contributed by atoms with Crippen molar-refractivity contribution in [3.8, 4) is 0 Å². The van der Waals surface area contributed by atoms with E-state index in [9.17, 15) is 0 Å². The number of rotatable bonds is 2. The molecule has 3 heteroatoms.